The van der Waals surface area contributed by atoms with E-state index >= 15 is 0 Å². The largest absolute Gasteiger partial charge is 0.494 e. The minimum absolute atomic E-state index is 0.121. The smallest absolute Gasteiger partial charge is 0.282 e. The third-order valence-corrected chi connectivity index (χ3v) is 5.34. The summed E-state index contributed by atoms with van der Waals surface area (Å²) in [5.41, 5.74) is 2.99. The third-order valence-electron chi connectivity index (χ3n) is 5.34. The van der Waals surface area contributed by atoms with Gasteiger partial charge in [-0.1, -0.05) is 37.6 Å². The Balaban J connectivity index is 1.98. The van der Waals surface area contributed by atoms with Gasteiger partial charge in [0.15, 0.2) is 0 Å². The van der Waals surface area contributed by atoms with E-state index in [-0.39, 0.29) is 25.0 Å². The summed E-state index contributed by atoms with van der Waals surface area (Å²) in [6.45, 7) is 4.73. The molecule has 1 aliphatic heterocycles. The summed E-state index contributed by atoms with van der Waals surface area (Å²) < 4.78 is 5.49. The van der Waals surface area contributed by atoms with E-state index in [1.807, 2.05) is 31.2 Å². The Hall–Kier alpha value is -3.12. The average molecular weight is 423 g/mol. The van der Waals surface area contributed by atoms with Gasteiger partial charge in [-0.25, -0.2) is 4.90 Å². The lowest BCUT2D eigenvalue weighted by Gasteiger charge is -2.20. The summed E-state index contributed by atoms with van der Waals surface area (Å²) in [6, 6.07) is 14.7. The van der Waals surface area contributed by atoms with Gasteiger partial charge in [-0.2, -0.15) is 0 Å². The van der Waals surface area contributed by atoms with Gasteiger partial charge in [0.2, 0.25) is 0 Å². The molecule has 0 saturated carbocycles. The molecule has 6 nitrogen and oxygen atoms in total. The van der Waals surface area contributed by atoms with Crippen molar-refractivity contribution in [1.29, 1.82) is 0 Å². The van der Waals surface area contributed by atoms with Crippen molar-refractivity contribution in [2.75, 3.05) is 31.7 Å². The highest BCUT2D eigenvalue weighted by molar-refractivity contribution is 6.45. The number of likely N-dealkylation sites (N-methyl/N-ethyl adjacent to an activating group) is 1. The topological polar surface area (TPSA) is 70.1 Å². The Morgan fingerprint density at radius 2 is 1.65 bits per heavy atom. The SMILES string of the molecule is CCCCc1ccc(N2C(=O)C(c3ccc(OCC)cc3)=C(N(C)CCO)C2=O)cc1. The summed E-state index contributed by atoms with van der Waals surface area (Å²) in [5.74, 6) is -0.0465. The number of amides is 2. The van der Waals surface area contributed by atoms with Crippen molar-refractivity contribution < 1.29 is 19.4 Å². The lowest BCUT2D eigenvalue weighted by Crippen LogP contribution is -2.34. The molecule has 2 amide bonds. The van der Waals surface area contributed by atoms with Crippen molar-refractivity contribution in [3.05, 3.63) is 65.4 Å². The molecule has 0 aromatic heterocycles. The number of aliphatic hydroxyl groups excluding tert-OH is 1. The Labute approximate surface area is 183 Å². The second-order valence-corrected chi connectivity index (χ2v) is 7.54. The summed E-state index contributed by atoms with van der Waals surface area (Å²) in [4.78, 5) is 29.6. The summed E-state index contributed by atoms with van der Waals surface area (Å²) in [6.07, 6.45) is 3.18. The van der Waals surface area contributed by atoms with Crippen LogP contribution >= 0.6 is 0 Å². The van der Waals surface area contributed by atoms with Gasteiger partial charge in [0.05, 0.1) is 24.5 Å². The van der Waals surface area contributed by atoms with Gasteiger partial charge in [0.1, 0.15) is 11.4 Å². The van der Waals surface area contributed by atoms with Crippen molar-refractivity contribution in [2.24, 2.45) is 0 Å². The Kier molecular flexibility index (Phi) is 7.47. The molecule has 2 aromatic rings. The van der Waals surface area contributed by atoms with Crippen LogP contribution in [0.25, 0.3) is 5.57 Å². The Morgan fingerprint density at radius 1 is 0.968 bits per heavy atom. The molecular weight excluding hydrogens is 392 g/mol. The first-order chi connectivity index (χ1) is 15.0. The predicted molar refractivity (Wildman–Crippen MR) is 122 cm³/mol. The van der Waals surface area contributed by atoms with E-state index in [2.05, 4.69) is 6.92 Å². The van der Waals surface area contributed by atoms with Crippen LogP contribution in [0.3, 0.4) is 0 Å². The molecule has 0 unspecified atom stereocenters. The van der Waals surface area contributed by atoms with Gasteiger partial charge < -0.3 is 14.7 Å². The van der Waals surface area contributed by atoms with Gasteiger partial charge in [-0.3, -0.25) is 9.59 Å². The van der Waals surface area contributed by atoms with Crippen LogP contribution in [-0.4, -0.2) is 48.6 Å². The molecule has 0 saturated heterocycles. The highest BCUT2D eigenvalue weighted by atomic mass is 16.5. The molecule has 0 bridgehead atoms. The number of unbranched alkanes of at least 4 members (excludes halogenated alkanes) is 1. The van der Waals surface area contributed by atoms with E-state index < -0.39 is 0 Å². The molecule has 3 rings (SSSR count). The van der Waals surface area contributed by atoms with Crippen molar-refractivity contribution in [3.63, 3.8) is 0 Å². The molecule has 0 aliphatic carbocycles. The quantitative estimate of drug-likeness (QED) is 0.592. The van der Waals surface area contributed by atoms with Gasteiger partial charge in [-0.15, -0.1) is 0 Å². The normalized spacial score (nSPS) is 13.9. The molecule has 31 heavy (non-hydrogen) atoms. The van der Waals surface area contributed by atoms with Crippen LogP contribution < -0.4 is 9.64 Å². The molecule has 164 valence electrons. The number of aryl methyl sites for hydroxylation is 1. The van der Waals surface area contributed by atoms with Gasteiger partial charge in [-0.05, 0) is 55.2 Å². The zero-order valence-corrected chi connectivity index (χ0v) is 18.4. The first-order valence-corrected chi connectivity index (χ1v) is 10.8. The number of benzene rings is 2. The third kappa shape index (κ3) is 4.80. The maximum Gasteiger partial charge on any atom is 0.282 e. The number of aliphatic hydroxyl groups is 1. The number of carbonyl (C=O) groups excluding carboxylic acids is 2. The zero-order valence-electron chi connectivity index (χ0n) is 18.4. The van der Waals surface area contributed by atoms with E-state index in [4.69, 9.17) is 4.74 Å². The number of hydrogen-bond acceptors (Lipinski definition) is 5. The van der Waals surface area contributed by atoms with E-state index in [9.17, 15) is 14.7 Å². The maximum absolute atomic E-state index is 13.4. The number of carbonyl (C=O) groups is 2. The summed E-state index contributed by atoms with van der Waals surface area (Å²) in [5, 5.41) is 9.40. The number of ether oxygens (including phenoxy) is 1. The molecule has 0 spiro atoms. The van der Waals surface area contributed by atoms with Crippen molar-refractivity contribution in [2.45, 2.75) is 33.1 Å². The Morgan fingerprint density at radius 3 is 2.23 bits per heavy atom. The minimum Gasteiger partial charge on any atom is -0.494 e. The minimum atomic E-state index is -0.383. The van der Waals surface area contributed by atoms with E-state index in [1.54, 1.807) is 36.2 Å². The van der Waals surface area contributed by atoms with Crippen molar-refractivity contribution in [1.82, 2.24) is 4.90 Å². The second-order valence-electron chi connectivity index (χ2n) is 7.54. The van der Waals surface area contributed by atoms with Crippen LogP contribution in [0.2, 0.25) is 0 Å². The number of hydrogen-bond donors (Lipinski definition) is 1. The number of nitrogens with zero attached hydrogens (tertiary/aromatic N) is 2. The van der Waals surface area contributed by atoms with E-state index in [1.165, 1.54) is 10.5 Å². The average Bonchev–Trinajstić information content (AvgIpc) is 3.04. The lowest BCUT2D eigenvalue weighted by atomic mass is 10.0. The molecule has 0 atom stereocenters. The van der Waals surface area contributed by atoms with Crippen LogP contribution in [0.1, 0.15) is 37.8 Å². The van der Waals surface area contributed by atoms with Crippen molar-refractivity contribution in [3.8, 4) is 5.75 Å². The van der Waals surface area contributed by atoms with Gasteiger partial charge in [0, 0.05) is 13.6 Å². The first-order valence-electron chi connectivity index (χ1n) is 10.8. The highest BCUT2D eigenvalue weighted by Gasteiger charge is 2.41. The van der Waals surface area contributed by atoms with Crippen LogP contribution in [0.4, 0.5) is 5.69 Å². The molecule has 0 fully saturated rings. The van der Waals surface area contributed by atoms with Gasteiger partial charge in [0.25, 0.3) is 11.8 Å². The maximum atomic E-state index is 13.4. The summed E-state index contributed by atoms with van der Waals surface area (Å²) in [7, 11) is 1.71. The monoisotopic (exact) mass is 422 g/mol. The fourth-order valence-electron chi connectivity index (χ4n) is 3.71. The van der Waals surface area contributed by atoms with Crippen LogP contribution in [0.15, 0.2) is 54.2 Å². The lowest BCUT2D eigenvalue weighted by molar-refractivity contribution is -0.120. The van der Waals surface area contributed by atoms with Crippen LogP contribution in [0.5, 0.6) is 5.75 Å². The fourth-order valence-corrected chi connectivity index (χ4v) is 3.71. The second kappa shape index (κ2) is 10.3. The fraction of sp³-hybridized carbons (Fsp3) is 0.360. The first kappa shape index (κ1) is 22.6. The molecule has 1 heterocycles. The molecule has 0 radical (unpaired) electrons. The van der Waals surface area contributed by atoms with Crippen LogP contribution in [-0.2, 0) is 16.0 Å². The summed E-state index contributed by atoms with van der Waals surface area (Å²) >= 11 is 0. The highest BCUT2D eigenvalue weighted by Crippen LogP contribution is 2.35. The standard InChI is InChI=1S/C25H30N2O4/c1-4-6-7-18-8-12-20(13-9-18)27-24(29)22(23(25(27)30)26(3)16-17-28)19-10-14-21(15-11-19)31-5-2/h8-15,28H,4-7,16-17H2,1-3H3. The molecule has 2 aromatic carbocycles. The predicted octanol–water partition coefficient (Wildman–Crippen LogP) is 3.64. The number of rotatable bonds is 10. The van der Waals surface area contributed by atoms with Crippen molar-refractivity contribution >= 4 is 23.1 Å². The zero-order chi connectivity index (χ0) is 22.4. The number of imide groups is 1. The van der Waals surface area contributed by atoms with Crippen LogP contribution in [0, 0.1) is 0 Å². The Bertz CT molecular complexity index is 948. The van der Waals surface area contributed by atoms with E-state index in [0.717, 1.165) is 19.3 Å². The molecule has 1 N–H and O–H groups in total. The molecular formula is C25H30N2O4. The molecule has 6 heteroatoms. The van der Waals surface area contributed by atoms with Gasteiger partial charge >= 0.3 is 0 Å². The number of anilines is 1. The molecule has 1 aliphatic rings. The van der Waals surface area contributed by atoms with E-state index in [0.29, 0.717) is 34.9 Å².